The zero-order valence-electron chi connectivity index (χ0n) is 16.8. The number of rotatable bonds is 2. The van der Waals surface area contributed by atoms with Crippen molar-refractivity contribution in [3.05, 3.63) is 41.3 Å². The third kappa shape index (κ3) is 4.77. The van der Waals surface area contributed by atoms with Gasteiger partial charge in [-0.05, 0) is 50.0 Å². The number of thioether (sulfide) groups is 1. The molecule has 2 unspecified atom stereocenters. The number of nitrogens with two attached hydrogens (primary N) is 1. The highest BCUT2D eigenvalue weighted by Crippen LogP contribution is 2.25. The van der Waals surface area contributed by atoms with E-state index in [4.69, 9.17) is 22.3 Å². The van der Waals surface area contributed by atoms with Gasteiger partial charge in [0, 0.05) is 31.0 Å². The molecule has 0 saturated carbocycles. The van der Waals surface area contributed by atoms with Crippen molar-refractivity contribution in [2.24, 2.45) is 11.7 Å². The smallest absolute Gasteiger partial charge is 0.226 e. The van der Waals surface area contributed by atoms with E-state index in [1.165, 1.54) is 0 Å². The number of aromatic nitrogens is 4. The summed E-state index contributed by atoms with van der Waals surface area (Å²) >= 11 is 7.90. The number of piperidine rings is 1. The van der Waals surface area contributed by atoms with Crippen molar-refractivity contribution in [1.82, 2.24) is 19.4 Å². The van der Waals surface area contributed by atoms with E-state index in [0.717, 1.165) is 48.2 Å². The summed E-state index contributed by atoms with van der Waals surface area (Å²) in [5, 5.41) is 0.661. The van der Waals surface area contributed by atoms with Crippen LogP contribution in [-0.4, -0.2) is 51.0 Å². The number of pyridine rings is 1. The summed E-state index contributed by atoms with van der Waals surface area (Å²) in [5.74, 6) is 1.26. The maximum Gasteiger partial charge on any atom is 0.226 e. The molecule has 1 aliphatic rings. The van der Waals surface area contributed by atoms with E-state index < -0.39 is 0 Å². The minimum absolute atomic E-state index is 0.158. The summed E-state index contributed by atoms with van der Waals surface area (Å²) in [4.78, 5) is 16.1. The van der Waals surface area contributed by atoms with Crippen LogP contribution in [-0.2, 0) is 0 Å². The summed E-state index contributed by atoms with van der Waals surface area (Å²) in [6.45, 7) is 5.91. The van der Waals surface area contributed by atoms with Crippen LogP contribution in [0.25, 0.3) is 17.0 Å². The van der Waals surface area contributed by atoms with Crippen LogP contribution in [0.5, 0.6) is 0 Å². The number of aryl methyl sites for hydroxylation is 1. The first-order valence-electron chi connectivity index (χ1n) is 9.30. The number of fused-ring (bicyclic) bond motifs is 1. The maximum atomic E-state index is 6.19. The lowest BCUT2D eigenvalue weighted by atomic mass is 9.97. The van der Waals surface area contributed by atoms with Crippen molar-refractivity contribution in [1.29, 1.82) is 0 Å². The van der Waals surface area contributed by atoms with Crippen molar-refractivity contribution >= 4 is 35.0 Å². The average molecular weight is 419 g/mol. The van der Waals surface area contributed by atoms with Crippen LogP contribution in [0.1, 0.15) is 19.0 Å². The van der Waals surface area contributed by atoms with Gasteiger partial charge >= 0.3 is 0 Å². The summed E-state index contributed by atoms with van der Waals surface area (Å²) in [5.41, 5.74) is 9.69. The van der Waals surface area contributed by atoms with E-state index in [1.807, 2.05) is 54.4 Å². The Bertz CT molecular complexity index is 934. The number of halogens is 1. The van der Waals surface area contributed by atoms with E-state index in [1.54, 1.807) is 11.8 Å². The highest BCUT2D eigenvalue weighted by molar-refractivity contribution is 7.97. The molecule has 3 aromatic rings. The molecule has 8 heteroatoms. The molecule has 0 aliphatic carbocycles. The molecule has 2 atom stereocenters. The Morgan fingerprint density at radius 3 is 2.68 bits per heavy atom. The molecule has 150 valence electrons. The normalized spacial score (nSPS) is 19.4. The molecule has 6 nitrogen and oxygen atoms in total. The van der Waals surface area contributed by atoms with Crippen LogP contribution in [0, 0.1) is 12.8 Å². The molecule has 0 radical (unpaired) electrons. The average Bonchev–Trinajstić information content (AvgIpc) is 3.04. The SMILES string of the molecule is CSC.Cc1cc(-c2cnc3ccc(Cl)cn23)nc(N2CC(C)CC(N)C2)n1. The monoisotopic (exact) mass is 418 g/mol. The summed E-state index contributed by atoms with van der Waals surface area (Å²) in [7, 11) is 0. The minimum Gasteiger partial charge on any atom is -0.339 e. The summed E-state index contributed by atoms with van der Waals surface area (Å²) in [6, 6.07) is 5.86. The molecule has 0 spiro atoms. The van der Waals surface area contributed by atoms with Crippen molar-refractivity contribution < 1.29 is 0 Å². The second-order valence-electron chi connectivity index (χ2n) is 7.33. The third-order valence-electron chi connectivity index (χ3n) is 4.55. The Balaban J connectivity index is 0.000000706. The van der Waals surface area contributed by atoms with Crippen LogP contribution >= 0.6 is 23.4 Å². The van der Waals surface area contributed by atoms with Gasteiger partial charge in [0.2, 0.25) is 5.95 Å². The molecule has 0 amide bonds. The topological polar surface area (TPSA) is 72.3 Å². The molecule has 4 rings (SSSR count). The second-order valence-corrected chi connectivity index (χ2v) is 8.58. The molecule has 1 saturated heterocycles. The van der Waals surface area contributed by atoms with Gasteiger partial charge in [0.05, 0.1) is 22.6 Å². The standard InChI is InChI=1S/C18H21ClN6.C2H6S/c1-11-5-14(20)10-24(8-11)18-22-12(2)6-15(23-18)16-7-21-17-4-3-13(19)9-25(16)17;1-3-2/h3-4,6-7,9,11,14H,5,8,10,20H2,1-2H3;1-2H3. The molecule has 4 heterocycles. The molecule has 3 aromatic heterocycles. The number of imidazole rings is 1. The fourth-order valence-electron chi connectivity index (χ4n) is 3.53. The van der Waals surface area contributed by atoms with Crippen molar-refractivity contribution in [3.8, 4) is 11.4 Å². The highest BCUT2D eigenvalue weighted by Gasteiger charge is 2.24. The van der Waals surface area contributed by atoms with Crippen LogP contribution < -0.4 is 10.6 Å². The molecular formula is C20H27ClN6S. The van der Waals surface area contributed by atoms with Crippen LogP contribution in [0.3, 0.4) is 0 Å². The first-order valence-corrected chi connectivity index (χ1v) is 11.3. The maximum absolute atomic E-state index is 6.19. The Morgan fingerprint density at radius 1 is 1.21 bits per heavy atom. The van der Waals surface area contributed by atoms with Gasteiger partial charge in [0.25, 0.3) is 0 Å². The third-order valence-corrected chi connectivity index (χ3v) is 4.77. The molecule has 1 fully saturated rings. The molecule has 28 heavy (non-hydrogen) atoms. The minimum atomic E-state index is 0.158. The molecule has 2 N–H and O–H groups in total. The quantitative estimate of drug-likeness (QED) is 0.680. The summed E-state index contributed by atoms with van der Waals surface area (Å²) in [6.07, 6.45) is 8.80. The molecular weight excluding hydrogens is 392 g/mol. The molecule has 0 aromatic carbocycles. The Kier molecular flexibility index (Phi) is 6.80. The van der Waals surface area contributed by atoms with E-state index >= 15 is 0 Å². The van der Waals surface area contributed by atoms with Gasteiger partial charge in [-0.3, -0.25) is 4.40 Å². The summed E-state index contributed by atoms with van der Waals surface area (Å²) < 4.78 is 1.96. The number of hydrogen-bond donors (Lipinski definition) is 1. The number of anilines is 1. The first kappa shape index (κ1) is 20.9. The number of nitrogens with zero attached hydrogens (tertiary/aromatic N) is 5. The zero-order chi connectivity index (χ0) is 20.3. The van der Waals surface area contributed by atoms with E-state index in [2.05, 4.69) is 21.8 Å². The fraction of sp³-hybridized carbons (Fsp3) is 0.450. The molecule has 1 aliphatic heterocycles. The van der Waals surface area contributed by atoms with Crippen molar-refractivity contribution in [2.75, 3.05) is 30.5 Å². The first-order chi connectivity index (χ1) is 13.4. The highest BCUT2D eigenvalue weighted by atomic mass is 35.5. The van der Waals surface area contributed by atoms with Crippen molar-refractivity contribution in [3.63, 3.8) is 0 Å². The van der Waals surface area contributed by atoms with E-state index in [0.29, 0.717) is 10.9 Å². The predicted octanol–water partition coefficient (Wildman–Crippen LogP) is 3.91. The van der Waals surface area contributed by atoms with Gasteiger partial charge in [-0.1, -0.05) is 18.5 Å². The van der Waals surface area contributed by atoms with Crippen LogP contribution in [0.4, 0.5) is 5.95 Å². The Morgan fingerprint density at radius 2 is 1.96 bits per heavy atom. The largest absolute Gasteiger partial charge is 0.339 e. The van der Waals surface area contributed by atoms with Crippen molar-refractivity contribution in [2.45, 2.75) is 26.3 Å². The lowest BCUT2D eigenvalue weighted by molar-refractivity contribution is 0.397. The van der Waals surface area contributed by atoms with Gasteiger partial charge < -0.3 is 10.6 Å². The second kappa shape index (κ2) is 9.11. The van der Waals surface area contributed by atoms with Gasteiger partial charge in [-0.25, -0.2) is 15.0 Å². The van der Waals surface area contributed by atoms with Crippen LogP contribution in [0.15, 0.2) is 30.6 Å². The van der Waals surface area contributed by atoms with Gasteiger partial charge in [0.15, 0.2) is 0 Å². The van der Waals surface area contributed by atoms with E-state index in [-0.39, 0.29) is 6.04 Å². The van der Waals surface area contributed by atoms with Gasteiger partial charge in [-0.15, -0.1) is 0 Å². The molecule has 0 bridgehead atoms. The fourth-order valence-corrected chi connectivity index (χ4v) is 3.69. The van der Waals surface area contributed by atoms with Gasteiger partial charge in [-0.2, -0.15) is 11.8 Å². The number of hydrogen-bond acceptors (Lipinski definition) is 6. The van der Waals surface area contributed by atoms with Crippen LogP contribution in [0.2, 0.25) is 5.02 Å². The lowest BCUT2D eigenvalue weighted by Crippen LogP contribution is -2.47. The van der Waals surface area contributed by atoms with Gasteiger partial charge in [0.1, 0.15) is 5.65 Å². The lowest BCUT2D eigenvalue weighted by Gasteiger charge is -2.35. The Labute approximate surface area is 175 Å². The predicted molar refractivity (Wildman–Crippen MR) is 119 cm³/mol. The van der Waals surface area contributed by atoms with E-state index in [9.17, 15) is 0 Å². The zero-order valence-corrected chi connectivity index (χ0v) is 18.3. The Hall–Kier alpha value is -1.83.